The Labute approximate surface area is 138 Å². The van der Waals surface area contributed by atoms with Crippen molar-refractivity contribution in [1.82, 2.24) is 9.47 Å². The summed E-state index contributed by atoms with van der Waals surface area (Å²) in [5.74, 6) is 0. The normalized spacial score (nSPS) is 22.4. The fourth-order valence-corrected chi connectivity index (χ4v) is 53.8. The van der Waals surface area contributed by atoms with E-state index in [2.05, 4.69) is 81.2 Å². The Morgan fingerprint density at radius 3 is 1.77 bits per heavy atom. The minimum absolute atomic E-state index is 0.227. The van der Waals surface area contributed by atoms with Crippen LogP contribution in [0, 0.1) is 0 Å². The lowest BCUT2D eigenvalue weighted by Gasteiger charge is -2.53. The minimum Gasteiger partial charge on any atom is -0.357 e. The van der Waals surface area contributed by atoms with Crippen molar-refractivity contribution in [2.45, 2.75) is 44.9 Å². The van der Waals surface area contributed by atoms with Crippen molar-refractivity contribution in [2.24, 2.45) is 0 Å². The van der Waals surface area contributed by atoms with Gasteiger partial charge in [0.2, 0.25) is 0 Å². The number of carbonyl (C=O) groups is 1. The molecule has 0 spiro atoms. The Bertz CT molecular complexity index is 549. The monoisotopic (exact) mass is 350 g/mol. The zero-order valence-electron chi connectivity index (χ0n) is 15.3. The molecule has 2 amide bonds. The highest BCUT2D eigenvalue weighted by atomic mass is 29.6. The maximum absolute atomic E-state index is 12.9. The molecule has 2 rings (SSSR count). The molecule has 0 bridgehead atoms. The molecule has 0 saturated carbocycles. The van der Waals surface area contributed by atoms with Gasteiger partial charge in [-0.15, -0.1) is 0 Å². The fourth-order valence-electron chi connectivity index (χ4n) is 5.01. The molecular formula is C16H30N2OSi3. The maximum Gasteiger partial charge on any atom is 0.311 e. The molecule has 1 aliphatic rings. The number of benzene rings is 1. The van der Waals surface area contributed by atoms with Crippen molar-refractivity contribution in [3.05, 3.63) is 35.9 Å². The number of hydrogen-bond acceptors (Lipinski definition) is 1. The molecule has 22 heavy (non-hydrogen) atoms. The molecule has 6 heteroatoms. The van der Waals surface area contributed by atoms with E-state index < -0.39 is 22.5 Å². The second kappa shape index (κ2) is 5.35. The Balaban J connectivity index is 2.79. The molecule has 1 unspecified atom stereocenters. The van der Waals surface area contributed by atoms with Gasteiger partial charge in [-0.25, -0.2) is 4.79 Å². The van der Waals surface area contributed by atoms with Crippen LogP contribution in [0.2, 0.25) is 39.3 Å². The van der Waals surface area contributed by atoms with Gasteiger partial charge < -0.3 is 9.47 Å². The number of rotatable bonds is 3. The zero-order chi connectivity index (χ0) is 16.9. The van der Waals surface area contributed by atoms with E-state index in [1.165, 1.54) is 5.56 Å². The summed E-state index contributed by atoms with van der Waals surface area (Å²) in [7, 11) is -0.931. The quantitative estimate of drug-likeness (QED) is 0.755. The molecule has 0 radical (unpaired) electrons. The van der Waals surface area contributed by atoms with Gasteiger partial charge in [0.25, 0.3) is 0 Å². The highest BCUT2D eigenvalue weighted by molar-refractivity contribution is 7.68. The highest BCUT2D eigenvalue weighted by Gasteiger charge is 2.69. The standard InChI is InChI=1S/C16H30N2OSi3/c1-17-15(14-12-10-9-11-13-14)22(20(3,4)5,21(6,7)8)18(2)16(17)19/h9-13,15H,1-8H3. The molecule has 122 valence electrons. The van der Waals surface area contributed by atoms with Crippen molar-refractivity contribution in [1.29, 1.82) is 0 Å². The second-order valence-electron chi connectivity index (χ2n) is 8.53. The van der Waals surface area contributed by atoms with E-state index in [0.717, 1.165) is 0 Å². The van der Waals surface area contributed by atoms with Crippen LogP contribution in [0.25, 0.3) is 0 Å². The van der Waals surface area contributed by atoms with Gasteiger partial charge in [0.15, 0.2) is 7.27 Å². The number of carbonyl (C=O) groups excluding carboxylic acids is 1. The number of hydrogen-bond donors (Lipinski definition) is 0. The van der Waals surface area contributed by atoms with Crippen molar-refractivity contribution in [2.75, 3.05) is 14.1 Å². The third-order valence-corrected chi connectivity index (χ3v) is 43.5. The van der Waals surface area contributed by atoms with Crippen LogP contribution in [0.5, 0.6) is 0 Å². The first-order valence-corrected chi connectivity index (χ1v) is 19.0. The SMILES string of the molecule is CN1C(=O)N(C)[Si]([Si](C)(C)C)([Si](C)(C)C)C1c1ccccc1. The van der Waals surface area contributed by atoms with Gasteiger partial charge in [0, 0.05) is 14.1 Å². The molecular weight excluding hydrogens is 320 g/mol. The van der Waals surface area contributed by atoms with E-state index in [9.17, 15) is 4.79 Å². The predicted octanol–water partition coefficient (Wildman–Crippen LogP) is 4.04. The van der Waals surface area contributed by atoms with E-state index in [1.807, 2.05) is 11.9 Å². The van der Waals surface area contributed by atoms with Crippen molar-refractivity contribution < 1.29 is 4.79 Å². The molecule has 1 heterocycles. The Morgan fingerprint density at radius 2 is 1.36 bits per heavy atom. The Hall–Kier alpha value is -0.859. The molecule has 0 aromatic heterocycles. The van der Waals surface area contributed by atoms with Gasteiger partial charge in [0.05, 0.1) is 20.8 Å². The maximum atomic E-state index is 12.9. The Morgan fingerprint density at radius 1 is 0.909 bits per heavy atom. The van der Waals surface area contributed by atoms with Gasteiger partial charge in [-0.2, -0.15) is 0 Å². The lowest BCUT2D eigenvalue weighted by atomic mass is 10.2. The first-order valence-electron chi connectivity index (χ1n) is 8.02. The van der Waals surface area contributed by atoms with Crippen LogP contribution in [-0.2, 0) is 0 Å². The van der Waals surface area contributed by atoms with E-state index in [0.29, 0.717) is 5.67 Å². The van der Waals surface area contributed by atoms with Crippen LogP contribution in [0.15, 0.2) is 30.3 Å². The average molecular weight is 351 g/mol. The lowest BCUT2D eigenvalue weighted by molar-refractivity contribution is 0.202. The third kappa shape index (κ3) is 2.23. The molecule has 0 N–H and O–H groups in total. The molecule has 1 fully saturated rings. The van der Waals surface area contributed by atoms with Crippen LogP contribution in [0.3, 0.4) is 0 Å². The summed E-state index contributed by atoms with van der Waals surface area (Å²) in [6.45, 7) is 14.9. The first-order chi connectivity index (χ1) is 9.96. The third-order valence-electron chi connectivity index (χ3n) is 5.30. The number of amides is 2. The summed E-state index contributed by atoms with van der Waals surface area (Å²) < 4.78 is 2.24. The minimum atomic E-state index is -1.95. The fraction of sp³-hybridized carbons (Fsp3) is 0.562. The van der Waals surface area contributed by atoms with E-state index in [1.54, 1.807) is 0 Å². The Kier molecular flexibility index (Phi) is 4.25. The summed E-state index contributed by atoms with van der Waals surface area (Å²) in [6, 6.07) is 11.0. The number of urea groups is 1. The average Bonchev–Trinajstić information content (AvgIpc) is 2.60. The van der Waals surface area contributed by atoms with Crippen LogP contribution in [0.1, 0.15) is 11.2 Å². The largest absolute Gasteiger partial charge is 0.357 e. The molecule has 1 aromatic carbocycles. The topological polar surface area (TPSA) is 23.6 Å². The summed E-state index contributed by atoms with van der Waals surface area (Å²) in [6.07, 6.45) is 0. The van der Waals surface area contributed by atoms with Crippen LogP contribution in [-0.4, -0.2) is 52.0 Å². The summed E-state index contributed by atoms with van der Waals surface area (Å²) >= 11 is 0. The molecule has 1 saturated heterocycles. The molecule has 0 aliphatic carbocycles. The van der Waals surface area contributed by atoms with Gasteiger partial charge >= 0.3 is 6.03 Å². The molecule has 1 aliphatic heterocycles. The van der Waals surface area contributed by atoms with Gasteiger partial charge in [-0.05, 0) is 5.56 Å². The van der Waals surface area contributed by atoms with Crippen LogP contribution >= 0.6 is 0 Å². The molecule has 1 atom stereocenters. The summed E-state index contributed by atoms with van der Waals surface area (Å²) in [5.41, 5.74) is 1.63. The van der Waals surface area contributed by atoms with Crippen molar-refractivity contribution >= 4 is 28.5 Å². The van der Waals surface area contributed by atoms with Gasteiger partial charge in [0.1, 0.15) is 0 Å². The van der Waals surface area contributed by atoms with Crippen LogP contribution in [0.4, 0.5) is 4.79 Å². The van der Waals surface area contributed by atoms with Crippen molar-refractivity contribution in [3.63, 3.8) is 0 Å². The highest BCUT2D eigenvalue weighted by Crippen LogP contribution is 2.48. The number of nitrogens with zero attached hydrogens (tertiary/aromatic N) is 2. The van der Waals surface area contributed by atoms with Gasteiger partial charge in [-0.1, -0.05) is 69.6 Å². The summed E-state index contributed by atoms with van der Waals surface area (Å²) in [5, 5.41) is 0. The lowest BCUT2D eigenvalue weighted by Crippen LogP contribution is -2.80. The second-order valence-corrected chi connectivity index (χ2v) is 35.4. The zero-order valence-corrected chi connectivity index (χ0v) is 18.3. The van der Waals surface area contributed by atoms with E-state index in [-0.39, 0.29) is 6.03 Å². The van der Waals surface area contributed by atoms with E-state index in [4.69, 9.17) is 0 Å². The van der Waals surface area contributed by atoms with Gasteiger partial charge in [-0.3, -0.25) is 0 Å². The van der Waals surface area contributed by atoms with E-state index >= 15 is 0 Å². The summed E-state index contributed by atoms with van der Waals surface area (Å²) in [4.78, 5) is 15.0. The first kappa shape index (κ1) is 17.5. The smallest absolute Gasteiger partial charge is 0.311 e. The molecule has 1 aromatic rings. The predicted molar refractivity (Wildman–Crippen MR) is 103 cm³/mol. The van der Waals surface area contributed by atoms with Crippen LogP contribution < -0.4 is 0 Å². The van der Waals surface area contributed by atoms with Crippen molar-refractivity contribution in [3.8, 4) is 0 Å². The molecule has 3 nitrogen and oxygen atoms in total.